The second kappa shape index (κ2) is 5.39. The normalized spacial score (nSPS) is 10.4. The van der Waals surface area contributed by atoms with Crippen LogP contribution in [0.5, 0.6) is 0 Å². The van der Waals surface area contributed by atoms with E-state index in [1.54, 1.807) is 6.20 Å². The van der Waals surface area contributed by atoms with Gasteiger partial charge in [0.05, 0.1) is 11.4 Å². The van der Waals surface area contributed by atoms with Crippen LogP contribution < -0.4 is 11.1 Å². The van der Waals surface area contributed by atoms with Crippen molar-refractivity contribution in [2.24, 2.45) is 0 Å². The number of nitrogens with two attached hydrogens (primary N) is 1. The third-order valence-electron chi connectivity index (χ3n) is 2.67. The van der Waals surface area contributed by atoms with Gasteiger partial charge in [-0.25, -0.2) is 4.98 Å². The average molecular weight is 230 g/mol. The molecule has 4 nitrogen and oxygen atoms in total. The number of aromatic amines is 1. The summed E-state index contributed by atoms with van der Waals surface area (Å²) < 4.78 is 0. The van der Waals surface area contributed by atoms with Gasteiger partial charge in [0.1, 0.15) is 5.82 Å². The van der Waals surface area contributed by atoms with E-state index < -0.39 is 0 Å². The second-order valence-electron chi connectivity index (χ2n) is 4.16. The molecule has 0 fully saturated rings. The average Bonchev–Trinajstić information content (AvgIpc) is 2.82. The molecule has 0 aliphatic heterocycles. The number of aromatic nitrogens is 2. The maximum absolute atomic E-state index is 5.89. The summed E-state index contributed by atoms with van der Waals surface area (Å²) in [7, 11) is 0. The molecule has 17 heavy (non-hydrogen) atoms. The molecule has 2 rings (SSSR count). The van der Waals surface area contributed by atoms with Crippen molar-refractivity contribution in [3.8, 4) is 0 Å². The molecule has 0 spiro atoms. The first kappa shape index (κ1) is 11.5. The number of nitrogens with one attached hydrogen (secondary N) is 2. The summed E-state index contributed by atoms with van der Waals surface area (Å²) >= 11 is 0. The van der Waals surface area contributed by atoms with Crippen molar-refractivity contribution >= 4 is 11.4 Å². The number of imidazole rings is 1. The molecule has 4 N–H and O–H groups in total. The molecule has 90 valence electrons. The Morgan fingerprint density at radius 3 is 3.06 bits per heavy atom. The number of benzene rings is 1. The first-order chi connectivity index (χ1) is 8.25. The zero-order valence-corrected chi connectivity index (χ0v) is 10.0. The zero-order chi connectivity index (χ0) is 12.1. The standard InChI is InChI=1S/C13H18N4/c1-10-4-5-11(14)12(9-10)15-6-2-3-13-16-7-8-17-13/h4-5,7-9,15H,2-3,6,14H2,1H3,(H,16,17). The predicted molar refractivity (Wildman–Crippen MR) is 71.0 cm³/mol. The van der Waals surface area contributed by atoms with E-state index in [1.807, 2.05) is 18.3 Å². The van der Waals surface area contributed by atoms with Crippen molar-refractivity contribution < 1.29 is 0 Å². The summed E-state index contributed by atoms with van der Waals surface area (Å²) in [6.07, 6.45) is 5.61. The lowest BCUT2D eigenvalue weighted by Gasteiger charge is -2.09. The Morgan fingerprint density at radius 1 is 1.41 bits per heavy atom. The molecule has 0 amide bonds. The van der Waals surface area contributed by atoms with Gasteiger partial charge in [-0.05, 0) is 31.0 Å². The van der Waals surface area contributed by atoms with Crippen LogP contribution in [0.25, 0.3) is 0 Å². The highest BCUT2D eigenvalue weighted by molar-refractivity contribution is 5.66. The minimum Gasteiger partial charge on any atom is -0.397 e. The Kier molecular flexibility index (Phi) is 3.65. The Morgan fingerprint density at radius 2 is 2.29 bits per heavy atom. The van der Waals surface area contributed by atoms with Crippen LogP contribution in [0.1, 0.15) is 17.8 Å². The van der Waals surface area contributed by atoms with E-state index in [1.165, 1.54) is 5.56 Å². The van der Waals surface area contributed by atoms with Crippen molar-refractivity contribution in [2.75, 3.05) is 17.6 Å². The lowest BCUT2D eigenvalue weighted by molar-refractivity contribution is 0.816. The van der Waals surface area contributed by atoms with Crippen LogP contribution in [0.2, 0.25) is 0 Å². The van der Waals surface area contributed by atoms with E-state index >= 15 is 0 Å². The molecule has 0 saturated carbocycles. The molecule has 0 unspecified atom stereocenters. The zero-order valence-electron chi connectivity index (χ0n) is 10.0. The number of hydrogen-bond donors (Lipinski definition) is 3. The highest BCUT2D eigenvalue weighted by atomic mass is 14.9. The highest BCUT2D eigenvalue weighted by Gasteiger charge is 1.99. The van der Waals surface area contributed by atoms with Crippen molar-refractivity contribution in [2.45, 2.75) is 19.8 Å². The first-order valence-corrected chi connectivity index (χ1v) is 5.84. The van der Waals surface area contributed by atoms with E-state index in [4.69, 9.17) is 5.73 Å². The quantitative estimate of drug-likeness (QED) is 0.545. The summed E-state index contributed by atoms with van der Waals surface area (Å²) in [5.41, 5.74) is 8.92. The van der Waals surface area contributed by atoms with Crippen molar-refractivity contribution in [3.05, 3.63) is 42.0 Å². The summed E-state index contributed by atoms with van der Waals surface area (Å²) in [5.74, 6) is 1.03. The van der Waals surface area contributed by atoms with Crippen LogP contribution in [0, 0.1) is 6.92 Å². The third kappa shape index (κ3) is 3.24. The van der Waals surface area contributed by atoms with Crippen molar-refractivity contribution in [1.82, 2.24) is 9.97 Å². The van der Waals surface area contributed by atoms with E-state index in [-0.39, 0.29) is 0 Å². The Labute approximate surface area is 101 Å². The molecular weight excluding hydrogens is 212 g/mol. The molecule has 1 aromatic carbocycles. The van der Waals surface area contributed by atoms with Crippen LogP contribution in [-0.2, 0) is 6.42 Å². The van der Waals surface area contributed by atoms with Gasteiger partial charge in [0.15, 0.2) is 0 Å². The second-order valence-corrected chi connectivity index (χ2v) is 4.16. The lowest BCUT2D eigenvalue weighted by atomic mass is 10.2. The number of H-pyrrole nitrogens is 1. The van der Waals surface area contributed by atoms with Crippen molar-refractivity contribution in [3.63, 3.8) is 0 Å². The van der Waals surface area contributed by atoms with Crippen LogP contribution in [-0.4, -0.2) is 16.5 Å². The maximum atomic E-state index is 5.89. The monoisotopic (exact) mass is 230 g/mol. The van der Waals surface area contributed by atoms with Crippen LogP contribution in [0.4, 0.5) is 11.4 Å². The Balaban J connectivity index is 1.80. The summed E-state index contributed by atoms with van der Waals surface area (Å²) in [4.78, 5) is 7.28. The molecule has 0 saturated heterocycles. The van der Waals surface area contributed by atoms with Gasteiger partial charge in [-0.15, -0.1) is 0 Å². The minimum atomic E-state index is 0.800. The largest absolute Gasteiger partial charge is 0.397 e. The maximum Gasteiger partial charge on any atom is 0.106 e. The fourth-order valence-electron chi connectivity index (χ4n) is 1.74. The predicted octanol–water partition coefficient (Wildman–Crippen LogP) is 2.35. The number of aryl methyl sites for hydroxylation is 2. The van der Waals surface area contributed by atoms with Gasteiger partial charge in [-0.3, -0.25) is 0 Å². The topological polar surface area (TPSA) is 66.7 Å². The summed E-state index contributed by atoms with van der Waals surface area (Å²) in [5, 5.41) is 3.35. The molecule has 0 aliphatic carbocycles. The smallest absolute Gasteiger partial charge is 0.106 e. The Bertz CT molecular complexity index is 462. The summed E-state index contributed by atoms with van der Waals surface area (Å²) in [6, 6.07) is 6.02. The van der Waals surface area contributed by atoms with Gasteiger partial charge >= 0.3 is 0 Å². The molecule has 1 aromatic heterocycles. The highest BCUT2D eigenvalue weighted by Crippen LogP contribution is 2.19. The molecule has 1 heterocycles. The lowest BCUT2D eigenvalue weighted by Crippen LogP contribution is -2.06. The van der Waals surface area contributed by atoms with E-state index in [0.717, 1.165) is 36.6 Å². The number of nitrogens with zero attached hydrogens (tertiary/aromatic N) is 1. The number of hydrogen-bond acceptors (Lipinski definition) is 3. The van der Waals surface area contributed by atoms with Crippen LogP contribution in [0.3, 0.4) is 0 Å². The number of nitrogen functional groups attached to an aromatic ring is 1. The van der Waals surface area contributed by atoms with Gasteiger partial charge in [0.25, 0.3) is 0 Å². The van der Waals surface area contributed by atoms with Gasteiger partial charge < -0.3 is 16.0 Å². The van der Waals surface area contributed by atoms with Crippen LogP contribution >= 0.6 is 0 Å². The van der Waals surface area contributed by atoms with Crippen LogP contribution in [0.15, 0.2) is 30.6 Å². The molecule has 0 atom stereocenters. The van der Waals surface area contributed by atoms with E-state index in [9.17, 15) is 0 Å². The number of anilines is 2. The molecule has 0 bridgehead atoms. The Hall–Kier alpha value is -1.97. The van der Waals surface area contributed by atoms with Crippen molar-refractivity contribution in [1.29, 1.82) is 0 Å². The van der Waals surface area contributed by atoms with E-state index in [0.29, 0.717) is 0 Å². The molecule has 0 aliphatic rings. The molecular formula is C13H18N4. The minimum absolute atomic E-state index is 0.800. The van der Waals surface area contributed by atoms with Gasteiger partial charge in [-0.1, -0.05) is 6.07 Å². The van der Waals surface area contributed by atoms with E-state index in [2.05, 4.69) is 28.3 Å². The molecule has 4 heteroatoms. The fourth-order valence-corrected chi connectivity index (χ4v) is 1.74. The molecule has 0 radical (unpaired) electrons. The third-order valence-corrected chi connectivity index (χ3v) is 2.67. The van der Waals surface area contributed by atoms with Gasteiger partial charge in [0.2, 0.25) is 0 Å². The fraction of sp³-hybridized carbons (Fsp3) is 0.308. The summed E-state index contributed by atoms with van der Waals surface area (Å²) in [6.45, 7) is 2.96. The van der Waals surface area contributed by atoms with Gasteiger partial charge in [-0.2, -0.15) is 0 Å². The SMILES string of the molecule is Cc1ccc(N)c(NCCCc2ncc[nH]2)c1. The molecule has 2 aromatic rings. The number of rotatable bonds is 5. The van der Waals surface area contributed by atoms with Gasteiger partial charge in [0, 0.05) is 25.4 Å². The first-order valence-electron chi connectivity index (χ1n) is 5.84.